The molecule has 0 aliphatic heterocycles. The Morgan fingerprint density at radius 1 is 1.11 bits per heavy atom. The third kappa shape index (κ3) is 3.97. The van der Waals surface area contributed by atoms with Crippen molar-refractivity contribution in [2.75, 3.05) is 0 Å². The van der Waals surface area contributed by atoms with Crippen molar-refractivity contribution >= 4 is 5.97 Å². The standard InChI is InChI=1S/C22H21FN2O2/c1-2-3-4-8-14-18-20(22(26)27)21(16-11-6-5-7-12-16)25(24-18)19-15-10-9-13-17(19)23/h3-7,9-13,15H,2,8,14H2,1H3,(H,26,27). The predicted octanol–water partition coefficient (Wildman–Crippen LogP) is 5.28. The SMILES string of the molecule is CCC=CCCc1nn(-c2ccccc2F)c(-c2ccccc2)c1C(=O)O. The number of aromatic carboxylic acids is 1. The summed E-state index contributed by atoms with van der Waals surface area (Å²) < 4.78 is 15.9. The first-order valence-electron chi connectivity index (χ1n) is 8.94. The Morgan fingerprint density at radius 3 is 2.48 bits per heavy atom. The van der Waals surface area contributed by atoms with E-state index < -0.39 is 11.8 Å². The number of halogens is 1. The maximum Gasteiger partial charge on any atom is 0.339 e. The molecule has 0 saturated carbocycles. The number of allylic oxidation sites excluding steroid dienone is 2. The van der Waals surface area contributed by atoms with Gasteiger partial charge in [0.25, 0.3) is 0 Å². The van der Waals surface area contributed by atoms with Crippen LogP contribution in [0.25, 0.3) is 16.9 Å². The van der Waals surface area contributed by atoms with Crippen LogP contribution < -0.4 is 0 Å². The summed E-state index contributed by atoms with van der Waals surface area (Å²) in [4.78, 5) is 12.1. The van der Waals surface area contributed by atoms with Crippen LogP contribution in [0.15, 0.2) is 66.7 Å². The molecular weight excluding hydrogens is 343 g/mol. The Kier molecular flexibility index (Phi) is 5.81. The van der Waals surface area contributed by atoms with Crippen molar-refractivity contribution in [3.8, 4) is 16.9 Å². The molecule has 3 aromatic rings. The zero-order valence-electron chi connectivity index (χ0n) is 15.1. The first-order valence-corrected chi connectivity index (χ1v) is 8.94. The fourth-order valence-electron chi connectivity index (χ4n) is 3.03. The summed E-state index contributed by atoms with van der Waals surface area (Å²) in [5.41, 5.74) is 1.87. The Bertz CT molecular complexity index is 962. The minimum Gasteiger partial charge on any atom is -0.478 e. The van der Waals surface area contributed by atoms with E-state index in [-0.39, 0.29) is 11.3 Å². The lowest BCUT2D eigenvalue weighted by Crippen LogP contribution is -2.04. The fraction of sp³-hybridized carbons (Fsp3) is 0.182. The largest absolute Gasteiger partial charge is 0.478 e. The first-order chi connectivity index (χ1) is 13.1. The Hall–Kier alpha value is -3.21. The van der Waals surface area contributed by atoms with Gasteiger partial charge in [0.1, 0.15) is 17.1 Å². The van der Waals surface area contributed by atoms with E-state index in [0.717, 1.165) is 6.42 Å². The Labute approximate surface area is 157 Å². The molecule has 0 amide bonds. The van der Waals surface area contributed by atoms with Crippen molar-refractivity contribution in [1.82, 2.24) is 9.78 Å². The van der Waals surface area contributed by atoms with Gasteiger partial charge < -0.3 is 5.11 Å². The molecular formula is C22H21FN2O2. The number of nitrogens with zero attached hydrogens (tertiary/aromatic N) is 2. The van der Waals surface area contributed by atoms with E-state index in [9.17, 15) is 14.3 Å². The summed E-state index contributed by atoms with van der Waals surface area (Å²) in [6.07, 6.45) is 6.11. The van der Waals surface area contributed by atoms with E-state index in [1.807, 2.05) is 49.4 Å². The Balaban J connectivity index is 2.21. The highest BCUT2D eigenvalue weighted by atomic mass is 19.1. The van der Waals surface area contributed by atoms with Crippen LogP contribution in [0.4, 0.5) is 4.39 Å². The van der Waals surface area contributed by atoms with Crippen molar-refractivity contribution in [3.63, 3.8) is 0 Å². The van der Waals surface area contributed by atoms with Crippen molar-refractivity contribution < 1.29 is 14.3 Å². The summed E-state index contributed by atoms with van der Waals surface area (Å²) in [5, 5.41) is 14.4. The molecule has 0 spiro atoms. The van der Waals surface area contributed by atoms with E-state index in [1.54, 1.807) is 18.2 Å². The molecule has 0 aliphatic rings. The fourth-order valence-corrected chi connectivity index (χ4v) is 3.03. The van der Waals surface area contributed by atoms with Gasteiger partial charge in [-0.25, -0.2) is 13.9 Å². The van der Waals surface area contributed by atoms with Crippen molar-refractivity contribution in [2.24, 2.45) is 0 Å². The van der Waals surface area contributed by atoms with Crippen LogP contribution in [0.3, 0.4) is 0 Å². The van der Waals surface area contributed by atoms with Crippen molar-refractivity contribution in [3.05, 3.63) is 83.8 Å². The molecule has 138 valence electrons. The molecule has 5 heteroatoms. The van der Waals surface area contributed by atoms with Crippen LogP contribution in [0.1, 0.15) is 35.8 Å². The van der Waals surface area contributed by atoms with Gasteiger partial charge in [-0.05, 0) is 31.4 Å². The molecule has 2 aromatic carbocycles. The topological polar surface area (TPSA) is 55.1 Å². The highest BCUT2D eigenvalue weighted by Crippen LogP contribution is 2.30. The van der Waals surface area contributed by atoms with E-state index >= 15 is 0 Å². The minimum absolute atomic E-state index is 0.120. The van der Waals surface area contributed by atoms with Gasteiger partial charge in [0, 0.05) is 5.56 Å². The van der Waals surface area contributed by atoms with Gasteiger partial charge in [-0.2, -0.15) is 5.10 Å². The molecule has 0 fully saturated rings. The van der Waals surface area contributed by atoms with E-state index in [4.69, 9.17) is 0 Å². The van der Waals surface area contributed by atoms with Crippen LogP contribution >= 0.6 is 0 Å². The summed E-state index contributed by atoms with van der Waals surface area (Å²) in [7, 11) is 0. The van der Waals surface area contributed by atoms with Crippen molar-refractivity contribution in [2.45, 2.75) is 26.2 Å². The van der Waals surface area contributed by atoms with Crippen LogP contribution in [-0.4, -0.2) is 20.9 Å². The minimum atomic E-state index is -1.06. The van der Waals surface area contributed by atoms with E-state index in [1.165, 1.54) is 10.7 Å². The van der Waals surface area contributed by atoms with Gasteiger partial charge >= 0.3 is 5.97 Å². The second-order valence-corrected chi connectivity index (χ2v) is 6.12. The number of benzene rings is 2. The number of hydrogen-bond acceptors (Lipinski definition) is 2. The average Bonchev–Trinajstić information content (AvgIpc) is 3.06. The molecule has 27 heavy (non-hydrogen) atoms. The molecule has 3 rings (SSSR count). The number of carboxylic acid groups (broad SMARTS) is 1. The van der Waals surface area contributed by atoms with E-state index in [2.05, 4.69) is 5.10 Å². The smallest absolute Gasteiger partial charge is 0.339 e. The zero-order chi connectivity index (χ0) is 19.2. The number of aromatic nitrogens is 2. The molecule has 0 aliphatic carbocycles. The van der Waals surface area contributed by atoms with Crippen LogP contribution in [0.2, 0.25) is 0 Å². The second-order valence-electron chi connectivity index (χ2n) is 6.12. The molecule has 0 atom stereocenters. The highest BCUT2D eigenvalue weighted by molar-refractivity contribution is 5.96. The molecule has 1 aromatic heterocycles. The van der Waals surface area contributed by atoms with Gasteiger partial charge in [0.2, 0.25) is 0 Å². The monoisotopic (exact) mass is 364 g/mol. The summed E-state index contributed by atoms with van der Waals surface area (Å²) in [6.45, 7) is 2.04. The van der Waals surface area contributed by atoms with Gasteiger partial charge in [-0.3, -0.25) is 0 Å². The maximum absolute atomic E-state index is 14.4. The Morgan fingerprint density at radius 2 is 1.81 bits per heavy atom. The molecule has 0 saturated heterocycles. The third-order valence-electron chi connectivity index (χ3n) is 4.25. The summed E-state index contributed by atoms with van der Waals surface area (Å²) >= 11 is 0. The lowest BCUT2D eigenvalue weighted by molar-refractivity contribution is 0.0696. The third-order valence-corrected chi connectivity index (χ3v) is 4.25. The zero-order valence-corrected chi connectivity index (χ0v) is 15.1. The number of rotatable bonds is 7. The quantitative estimate of drug-likeness (QED) is 0.581. The predicted molar refractivity (Wildman–Crippen MR) is 104 cm³/mol. The molecule has 0 bridgehead atoms. The molecule has 0 unspecified atom stereocenters. The number of carbonyl (C=O) groups is 1. The number of hydrogen-bond donors (Lipinski definition) is 1. The van der Waals surface area contributed by atoms with Crippen LogP contribution in [0.5, 0.6) is 0 Å². The van der Waals surface area contributed by atoms with Crippen LogP contribution in [0, 0.1) is 5.82 Å². The van der Waals surface area contributed by atoms with Gasteiger partial charge in [0.15, 0.2) is 0 Å². The van der Waals surface area contributed by atoms with Gasteiger partial charge in [0.05, 0.1) is 11.4 Å². The first kappa shape index (κ1) is 18.6. The summed E-state index contributed by atoms with van der Waals surface area (Å²) in [6, 6.07) is 15.4. The maximum atomic E-state index is 14.4. The molecule has 4 nitrogen and oxygen atoms in total. The molecule has 1 N–H and O–H groups in total. The molecule has 1 heterocycles. The van der Waals surface area contributed by atoms with Crippen molar-refractivity contribution in [1.29, 1.82) is 0 Å². The lowest BCUT2D eigenvalue weighted by atomic mass is 10.0. The number of para-hydroxylation sites is 1. The van der Waals surface area contributed by atoms with Crippen LogP contribution in [-0.2, 0) is 6.42 Å². The van der Waals surface area contributed by atoms with E-state index in [0.29, 0.717) is 29.8 Å². The normalized spacial score (nSPS) is 11.2. The summed E-state index contributed by atoms with van der Waals surface area (Å²) in [5.74, 6) is -1.52. The van der Waals surface area contributed by atoms with Gasteiger partial charge in [-0.15, -0.1) is 0 Å². The molecule has 0 radical (unpaired) electrons. The average molecular weight is 364 g/mol. The lowest BCUT2D eigenvalue weighted by Gasteiger charge is -2.09. The number of aryl methyl sites for hydroxylation is 1. The second kappa shape index (κ2) is 8.45. The van der Waals surface area contributed by atoms with Gasteiger partial charge in [-0.1, -0.05) is 61.5 Å². The number of carboxylic acids is 1. The highest BCUT2D eigenvalue weighted by Gasteiger charge is 2.25.